The van der Waals surface area contributed by atoms with Crippen molar-refractivity contribution >= 4 is 38.8 Å². The number of aryl methyl sites for hydroxylation is 1. The van der Waals surface area contributed by atoms with Crippen LogP contribution >= 0.6 is 15.9 Å². The van der Waals surface area contributed by atoms with Gasteiger partial charge in [-0.1, -0.05) is 35.0 Å². The number of imidazole rings is 1. The number of fused-ring (bicyclic) bond motifs is 1. The van der Waals surface area contributed by atoms with Crippen molar-refractivity contribution in [1.82, 2.24) is 9.55 Å². The van der Waals surface area contributed by atoms with E-state index in [0.29, 0.717) is 17.0 Å². The van der Waals surface area contributed by atoms with Crippen LogP contribution in [0, 0.1) is 0 Å². The van der Waals surface area contributed by atoms with Crippen LogP contribution in [0.1, 0.15) is 23.7 Å². The third-order valence-corrected chi connectivity index (χ3v) is 4.22. The van der Waals surface area contributed by atoms with Crippen LogP contribution in [0.15, 0.2) is 46.9 Å². The topological polar surface area (TPSA) is 56.2 Å². The molecule has 0 aliphatic rings. The number of carbonyl (C=O) groups is 1. The molecule has 0 unspecified atom stereocenters. The highest BCUT2D eigenvalue weighted by Crippen LogP contribution is 2.27. The number of hydrogen-bond donors (Lipinski definition) is 1. The lowest BCUT2D eigenvalue weighted by Gasteiger charge is -2.12. The first kappa shape index (κ1) is 18.3. The van der Waals surface area contributed by atoms with Crippen LogP contribution in [0.25, 0.3) is 11.0 Å². The van der Waals surface area contributed by atoms with Crippen molar-refractivity contribution in [3.8, 4) is 5.75 Å². The van der Waals surface area contributed by atoms with E-state index in [4.69, 9.17) is 0 Å². The molecular weight excluding hydrogens is 408 g/mol. The Hall–Kier alpha value is -2.48. The molecule has 0 saturated heterocycles. The molecular formula is C18H16BrF2N3O2. The van der Waals surface area contributed by atoms with Gasteiger partial charge in [-0.3, -0.25) is 10.1 Å². The quantitative estimate of drug-likeness (QED) is 0.602. The van der Waals surface area contributed by atoms with Crippen LogP contribution < -0.4 is 10.1 Å². The predicted molar refractivity (Wildman–Crippen MR) is 98.8 cm³/mol. The average molecular weight is 424 g/mol. The fourth-order valence-electron chi connectivity index (χ4n) is 2.67. The molecule has 136 valence electrons. The van der Waals surface area contributed by atoms with E-state index in [1.54, 1.807) is 0 Å². The van der Waals surface area contributed by atoms with Gasteiger partial charge in [0.2, 0.25) is 5.95 Å². The largest absolute Gasteiger partial charge is 0.434 e. The fourth-order valence-corrected chi connectivity index (χ4v) is 3.03. The van der Waals surface area contributed by atoms with Gasteiger partial charge in [0.25, 0.3) is 5.91 Å². The maximum Gasteiger partial charge on any atom is 0.387 e. The molecule has 0 radical (unpaired) electrons. The number of amides is 1. The van der Waals surface area contributed by atoms with E-state index < -0.39 is 12.5 Å². The second-order valence-electron chi connectivity index (χ2n) is 5.55. The van der Waals surface area contributed by atoms with Gasteiger partial charge in [0.05, 0.1) is 16.6 Å². The van der Waals surface area contributed by atoms with E-state index in [1.165, 1.54) is 18.2 Å². The molecule has 0 saturated carbocycles. The Balaban J connectivity index is 1.97. The predicted octanol–water partition coefficient (Wildman–Crippen LogP) is 5.06. The molecule has 0 atom stereocenters. The van der Waals surface area contributed by atoms with Crippen molar-refractivity contribution in [3.05, 3.63) is 52.5 Å². The third-order valence-electron chi connectivity index (χ3n) is 3.73. The number of anilines is 1. The highest BCUT2D eigenvalue weighted by atomic mass is 79.9. The van der Waals surface area contributed by atoms with E-state index in [0.717, 1.165) is 17.5 Å². The molecule has 1 heterocycles. The number of ether oxygens (including phenoxy) is 1. The van der Waals surface area contributed by atoms with E-state index in [2.05, 4.69) is 31.0 Å². The molecule has 0 aliphatic heterocycles. The first-order valence-corrected chi connectivity index (χ1v) is 8.80. The number of benzene rings is 2. The van der Waals surface area contributed by atoms with Crippen molar-refractivity contribution in [3.63, 3.8) is 0 Å². The van der Waals surface area contributed by atoms with Crippen LogP contribution in [0.4, 0.5) is 14.7 Å². The number of halogens is 3. The Morgan fingerprint density at radius 1 is 1.31 bits per heavy atom. The van der Waals surface area contributed by atoms with Crippen LogP contribution in [0.3, 0.4) is 0 Å². The summed E-state index contributed by atoms with van der Waals surface area (Å²) in [7, 11) is 0. The van der Waals surface area contributed by atoms with E-state index >= 15 is 0 Å². The minimum absolute atomic E-state index is 0.00483. The van der Waals surface area contributed by atoms with Crippen LogP contribution in [-0.4, -0.2) is 22.1 Å². The Bertz CT molecular complexity index is 943. The molecule has 0 bridgehead atoms. The van der Waals surface area contributed by atoms with Gasteiger partial charge in [0, 0.05) is 11.0 Å². The van der Waals surface area contributed by atoms with Crippen molar-refractivity contribution < 1.29 is 18.3 Å². The normalized spacial score (nSPS) is 11.1. The van der Waals surface area contributed by atoms with Crippen molar-refractivity contribution in [1.29, 1.82) is 0 Å². The lowest BCUT2D eigenvalue weighted by molar-refractivity contribution is -0.0501. The zero-order chi connectivity index (χ0) is 18.7. The Kier molecular flexibility index (Phi) is 5.51. The van der Waals surface area contributed by atoms with Gasteiger partial charge in [-0.2, -0.15) is 8.78 Å². The zero-order valence-corrected chi connectivity index (χ0v) is 15.5. The number of rotatable bonds is 6. The Morgan fingerprint density at radius 2 is 2.08 bits per heavy atom. The van der Waals surface area contributed by atoms with E-state index in [-0.39, 0.29) is 11.3 Å². The van der Waals surface area contributed by atoms with Gasteiger partial charge in [-0.25, -0.2) is 4.98 Å². The monoisotopic (exact) mass is 423 g/mol. The third kappa shape index (κ3) is 3.85. The number of nitrogens with zero attached hydrogens (tertiary/aromatic N) is 2. The van der Waals surface area contributed by atoms with Gasteiger partial charge < -0.3 is 9.30 Å². The molecule has 0 aliphatic carbocycles. The van der Waals surface area contributed by atoms with E-state index in [9.17, 15) is 13.6 Å². The molecule has 26 heavy (non-hydrogen) atoms. The molecule has 0 spiro atoms. The van der Waals surface area contributed by atoms with Gasteiger partial charge in [-0.05, 0) is 36.8 Å². The summed E-state index contributed by atoms with van der Waals surface area (Å²) >= 11 is 3.24. The highest BCUT2D eigenvalue weighted by molar-refractivity contribution is 9.10. The molecule has 5 nitrogen and oxygen atoms in total. The minimum Gasteiger partial charge on any atom is -0.434 e. The number of aromatic nitrogens is 2. The molecule has 1 N–H and O–H groups in total. The van der Waals surface area contributed by atoms with Crippen molar-refractivity contribution in [2.75, 3.05) is 5.32 Å². The van der Waals surface area contributed by atoms with E-state index in [1.807, 2.05) is 35.8 Å². The average Bonchev–Trinajstić information content (AvgIpc) is 2.94. The minimum atomic E-state index is -3.02. The summed E-state index contributed by atoms with van der Waals surface area (Å²) < 4.78 is 32.1. The summed E-state index contributed by atoms with van der Waals surface area (Å²) in [4.78, 5) is 17.1. The van der Waals surface area contributed by atoms with Gasteiger partial charge in [0.15, 0.2) is 0 Å². The number of alkyl halides is 2. The fraction of sp³-hybridized carbons (Fsp3) is 0.222. The van der Waals surface area contributed by atoms with Crippen LogP contribution in [-0.2, 0) is 6.54 Å². The Morgan fingerprint density at radius 3 is 2.81 bits per heavy atom. The first-order chi connectivity index (χ1) is 12.5. The Labute approximate surface area is 157 Å². The van der Waals surface area contributed by atoms with Crippen LogP contribution in [0.2, 0.25) is 0 Å². The molecule has 2 aromatic carbocycles. The molecule has 1 amide bonds. The SMILES string of the molecule is CCCn1c(NC(=O)c2cc(Br)ccc2OC(F)F)nc2ccccc21. The summed E-state index contributed by atoms with van der Waals surface area (Å²) in [5, 5.41) is 2.71. The zero-order valence-electron chi connectivity index (χ0n) is 13.9. The standard InChI is InChI=1S/C18H16BrF2N3O2/c1-2-9-24-14-6-4-3-5-13(14)22-18(24)23-16(25)12-10-11(19)7-8-15(12)26-17(20)21/h3-8,10,17H,2,9H2,1H3,(H,22,23,25). The van der Waals surface area contributed by atoms with Gasteiger partial charge >= 0.3 is 6.61 Å². The molecule has 8 heteroatoms. The first-order valence-electron chi connectivity index (χ1n) is 8.00. The summed E-state index contributed by atoms with van der Waals surface area (Å²) in [5.41, 5.74) is 1.63. The van der Waals surface area contributed by atoms with Crippen LogP contribution in [0.5, 0.6) is 5.75 Å². The van der Waals surface area contributed by atoms with Gasteiger partial charge in [-0.15, -0.1) is 0 Å². The number of para-hydroxylation sites is 2. The summed E-state index contributed by atoms with van der Waals surface area (Å²) in [5.74, 6) is -0.408. The maximum absolute atomic E-state index is 12.7. The van der Waals surface area contributed by atoms with Crippen molar-refractivity contribution in [2.45, 2.75) is 26.5 Å². The number of nitrogens with one attached hydrogen (secondary N) is 1. The number of carbonyl (C=O) groups excluding carboxylic acids is 1. The maximum atomic E-state index is 12.7. The highest BCUT2D eigenvalue weighted by Gasteiger charge is 2.19. The summed E-state index contributed by atoms with van der Waals surface area (Å²) in [6, 6.07) is 11.8. The summed E-state index contributed by atoms with van der Waals surface area (Å²) in [6.07, 6.45) is 0.847. The second kappa shape index (κ2) is 7.82. The number of hydrogen-bond acceptors (Lipinski definition) is 3. The lowest BCUT2D eigenvalue weighted by atomic mass is 10.2. The molecule has 3 aromatic rings. The van der Waals surface area contributed by atoms with Gasteiger partial charge in [0.1, 0.15) is 5.75 Å². The molecule has 3 rings (SSSR count). The molecule has 1 aromatic heterocycles. The smallest absolute Gasteiger partial charge is 0.387 e. The second-order valence-corrected chi connectivity index (χ2v) is 6.46. The molecule has 0 fully saturated rings. The lowest BCUT2D eigenvalue weighted by Crippen LogP contribution is -2.18. The summed E-state index contributed by atoms with van der Waals surface area (Å²) in [6.45, 7) is -0.342. The van der Waals surface area contributed by atoms with Crippen molar-refractivity contribution in [2.24, 2.45) is 0 Å².